The first-order chi connectivity index (χ1) is 19.7. The lowest BCUT2D eigenvalue weighted by Crippen LogP contribution is -2.32. The quantitative estimate of drug-likeness (QED) is 0.230. The molecule has 0 radical (unpaired) electrons. The Bertz CT molecular complexity index is 1660. The van der Waals surface area contributed by atoms with Crippen LogP contribution in [0.4, 0.5) is 11.4 Å². The van der Waals surface area contributed by atoms with Crippen LogP contribution >= 0.6 is 0 Å². The molecule has 0 saturated heterocycles. The molecule has 1 aliphatic rings. The molecule has 1 unspecified atom stereocenters. The molecule has 2 amide bonds. The van der Waals surface area contributed by atoms with E-state index in [0.29, 0.717) is 23.2 Å². The van der Waals surface area contributed by atoms with Gasteiger partial charge >= 0.3 is 0 Å². The second-order valence-corrected chi connectivity index (χ2v) is 9.80. The number of nitrogens with zero attached hydrogens (tertiary/aromatic N) is 1. The summed E-state index contributed by atoms with van der Waals surface area (Å²) in [7, 11) is 0. The Morgan fingerprint density at radius 2 is 1.25 bits per heavy atom. The highest BCUT2D eigenvalue weighted by atomic mass is 16.2. The summed E-state index contributed by atoms with van der Waals surface area (Å²) in [5, 5.41) is 3.12. The van der Waals surface area contributed by atoms with Gasteiger partial charge in [0.15, 0.2) is 0 Å². The van der Waals surface area contributed by atoms with E-state index in [1.165, 1.54) is 0 Å². The van der Waals surface area contributed by atoms with E-state index in [9.17, 15) is 9.59 Å². The van der Waals surface area contributed by atoms with Crippen LogP contribution < -0.4 is 10.2 Å². The van der Waals surface area contributed by atoms with Crippen LogP contribution in [0.15, 0.2) is 133 Å². The normalized spacial score (nSPS) is 14.2. The number of nitrogens with one attached hydrogen (secondary N) is 1. The summed E-state index contributed by atoms with van der Waals surface area (Å²) in [6, 6.07) is 42.6. The van der Waals surface area contributed by atoms with Crippen molar-refractivity contribution in [1.29, 1.82) is 0 Å². The van der Waals surface area contributed by atoms with Gasteiger partial charge in [-0.15, -0.1) is 0 Å². The SMILES string of the molecule is O=C(Nc1cc2c(cc1/C=C/c1ccccc1)CC(c1ccccc1)N2C(=O)c1ccccc1)c1ccccc1. The molecule has 40 heavy (non-hydrogen) atoms. The summed E-state index contributed by atoms with van der Waals surface area (Å²) in [4.78, 5) is 29.1. The zero-order chi connectivity index (χ0) is 27.3. The fourth-order valence-corrected chi connectivity index (χ4v) is 5.20. The first kappa shape index (κ1) is 25.1. The lowest BCUT2D eigenvalue weighted by atomic mass is 10.00. The van der Waals surface area contributed by atoms with Gasteiger partial charge in [0, 0.05) is 11.1 Å². The first-order valence-electron chi connectivity index (χ1n) is 13.4. The largest absolute Gasteiger partial charge is 0.321 e. The van der Waals surface area contributed by atoms with Crippen LogP contribution in [0.5, 0.6) is 0 Å². The number of hydrogen-bond donors (Lipinski definition) is 1. The van der Waals surface area contributed by atoms with Crippen LogP contribution in [0.25, 0.3) is 12.2 Å². The minimum Gasteiger partial charge on any atom is -0.321 e. The molecular formula is C36H28N2O2. The van der Waals surface area contributed by atoms with E-state index in [1.807, 2.05) is 120 Å². The van der Waals surface area contributed by atoms with Gasteiger partial charge in [-0.25, -0.2) is 0 Å². The van der Waals surface area contributed by atoms with Gasteiger partial charge in [0.25, 0.3) is 11.8 Å². The first-order valence-corrected chi connectivity index (χ1v) is 13.4. The zero-order valence-electron chi connectivity index (χ0n) is 21.9. The molecule has 5 aromatic carbocycles. The predicted octanol–water partition coefficient (Wildman–Crippen LogP) is 8.05. The van der Waals surface area contributed by atoms with Crippen LogP contribution in [0.2, 0.25) is 0 Å². The van der Waals surface area contributed by atoms with Gasteiger partial charge in [-0.1, -0.05) is 109 Å². The van der Waals surface area contributed by atoms with Gasteiger partial charge in [0.2, 0.25) is 0 Å². The molecule has 4 nitrogen and oxygen atoms in total. The zero-order valence-corrected chi connectivity index (χ0v) is 21.9. The summed E-state index contributed by atoms with van der Waals surface area (Å²) >= 11 is 0. The van der Waals surface area contributed by atoms with Crippen molar-refractivity contribution in [2.45, 2.75) is 12.5 Å². The van der Waals surface area contributed by atoms with Crippen LogP contribution in [-0.2, 0) is 6.42 Å². The van der Waals surface area contributed by atoms with E-state index >= 15 is 0 Å². The number of anilines is 2. The average molecular weight is 521 g/mol. The van der Waals surface area contributed by atoms with Crippen molar-refractivity contribution in [3.63, 3.8) is 0 Å². The maximum atomic E-state index is 14.0. The fraction of sp³-hybridized carbons (Fsp3) is 0.0556. The molecule has 0 fully saturated rings. The van der Waals surface area contributed by atoms with Crippen molar-refractivity contribution >= 4 is 35.3 Å². The minimum atomic E-state index is -0.201. The van der Waals surface area contributed by atoms with Crippen molar-refractivity contribution in [2.24, 2.45) is 0 Å². The highest BCUT2D eigenvalue weighted by molar-refractivity contribution is 6.10. The van der Waals surface area contributed by atoms with Crippen LogP contribution in [0.3, 0.4) is 0 Å². The Hall–Kier alpha value is -5.22. The van der Waals surface area contributed by atoms with E-state index in [0.717, 1.165) is 27.9 Å². The number of benzene rings is 5. The molecule has 1 heterocycles. The fourth-order valence-electron chi connectivity index (χ4n) is 5.20. The van der Waals surface area contributed by atoms with Gasteiger partial charge in [-0.3, -0.25) is 9.59 Å². The minimum absolute atomic E-state index is 0.0684. The average Bonchev–Trinajstić information content (AvgIpc) is 3.39. The smallest absolute Gasteiger partial charge is 0.258 e. The summed E-state index contributed by atoms with van der Waals surface area (Å²) in [5.41, 5.74) is 6.73. The number of fused-ring (bicyclic) bond motifs is 1. The lowest BCUT2D eigenvalue weighted by Gasteiger charge is -2.26. The molecule has 1 N–H and O–H groups in total. The van der Waals surface area contributed by atoms with Crippen molar-refractivity contribution < 1.29 is 9.59 Å². The Balaban J connectivity index is 1.46. The van der Waals surface area contributed by atoms with Gasteiger partial charge in [-0.05, 0) is 65.1 Å². The Morgan fingerprint density at radius 1 is 0.675 bits per heavy atom. The highest BCUT2D eigenvalue weighted by Crippen LogP contribution is 2.44. The maximum absolute atomic E-state index is 14.0. The molecule has 0 spiro atoms. The Labute approximate surface area is 234 Å². The molecular weight excluding hydrogens is 492 g/mol. The molecule has 0 aromatic heterocycles. The van der Waals surface area contributed by atoms with Crippen LogP contribution in [0, 0.1) is 0 Å². The number of rotatable bonds is 6. The summed E-state index contributed by atoms with van der Waals surface area (Å²) in [6.07, 6.45) is 4.74. The molecule has 4 heteroatoms. The molecule has 0 bridgehead atoms. The molecule has 5 aromatic rings. The van der Waals surface area contributed by atoms with E-state index in [4.69, 9.17) is 0 Å². The third-order valence-corrected chi connectivity index (χ3v) is 7.20. The van der Waals surface area contributed by atoms with Gasteiger partial charge < -0.3 is 10.2 Å². The Morgan fingerprint density at radius 3 is 1.90 bits per heavy atom. The second-order valence-electron chi connectivity index (χ2n) is 9.80. The van der Waals surface area contributed by atoms with Crippen molar-refractivity contribution in [1.82, 2.24) is 0 Å². The molecule has 194 valence electrons. The van der Waals surface area contributed by atoms with Crippen molar-refractivity contribution in [3.8, 4) is 0 Å². The molecule has 1 aliphatic heterocycles. The topological polar surface area (TPSA) is 49.4 Å². The van der Waals surface area contributed by atoms with Gasteiger partial charge in [0.1, 0.15) is 0 Å². The van der Waals surface area contributed by atoms with E-state index in [-0.39, 0.29) is 17.9 Å². The molecule has 0 aliphatic carbocycles. The highest BCUT2D eigenvalue weighted by Gasteiger charge is 2.36. The van der Waals surface area contributed by atoms with E-state index in [1.54, 1.807) is 12.1 Å². The van der Waals surface area contributed by atoms with Crippen LogP contribution in [-0.4, -0.2) is 11.8 Å². The number of amides is 2. The summed E-state index contributed by atoms with van der Waals surface area (Å²) in [6.45, 7) is 0. The molecule has 1 atom stereocenters. The number of hydrogen-bond acceptors (Lipinski definition) is 2. The second kappa shape index (κ2) is 11.3. The van der Waals surface area contributed by atoms with Crippen LogP contribution in [0.1, 0.15) is 49.0 Å². The Kier molecular flexibility index (Phi) is 7.06. The summed E-state index contributed by atoms with van der Waals surface area (Å²) < 4.78 is 0. The monoisotopic (exact) mass is 520 g/mol. The predicted molar refractivity (Wildman–Crippen MR) is 162 cm³/mol. The molecule has 0 saturated carbocycles. The van der Waals surface area contributed by atoms with Crippen molar-refractivity contribution in [3.05, 3.63) is 167 Å². The van der Waals surface area contributed by atoms with Gasteiger partial charge in [-0.2, -0.15) is 0 Å². The number of carbonyl (C=O) groups excluding carboxylic acids is 2. The molecule has 6 rings (SSSR count). The maximum Gasteiger partial charge on any atom is 0.258 e. The van der Waals surface area contributed by atoms with Crippen molar-refractivity contribution in [2.75, 3.05) is 10.2 Å². The third-order valence-electron chi connectivity index (χ3n) is 7.20. The van der Waals surface area contributed by atoms with E-state index < -0.39 is 0 Å². The summed E-state index contributed by atoms with van der Waals surface area (Å²) in [5.74, 6) is -0.269. The number of carbonyl (C=O) groups is 2. The van der Waals surface area contributed by atoms with Gasteiger partial charge in [0.05, 0.1) is 17.4 Å². The standard InChI is InChI=1S/C36H28N2O2/c39-35(28-17-9-3-10-18-28)37-32-25-34-31(23-30(32)22-21-26-13-5-1-6-14-26)24-33(27-15-7-2-8-16-27)38(34)36(40)29-19-11-4-12-20-29/h1-23,25,33H,24H2,(H,37,39)/b22-21+. The lowest BCUT2D eigenvalue weighted by molar-refractivity contribution is 0.0978. The van der Waals surface area contributed by atoms with E-state index in [2.05, 4.69) is 23.5 Å². The third kappa shape index (κ3) is 5.20.